The highest BCUT2D eigenvalue weighted by Crippen LogP contribution is 2.39. The van der Waals surface area contributed by atoms with Crippen molar-refractivity contribution < 1.29 is 23.8 Å². The molecule has 0 aliphatic rings. The molecule has 0 spiro atoms. The Kier molecular flexibility index (Phi) is 7.54. The van der Waals surface area contributed by atoms with Crippen molar-refractivity contribution in [2.75, 3.05) is 20.8 Å². The average Bonchev–Trinajstić information content (AvgIpc) is 2.68. The van der Waals surface area contributed by atoms with Gasteiger partial charge in [-0.3, -0.25) is 9.59 Å². The van der Waals surface area contributed by atoms with Crippen LogP contribution in [0.3, 0.4) is 0 Å². The molecule has 0 unspecified atom stereocenters. The first kappa shape index (κ1) is 21.9. The number of ether oxygens (including phenoxy) is 3. The van der Waals surface area contributed by atoms with Crippen LogP contribution >= 0.6 is 23.2 Å². The summed E-state index contributed by atoms with van der Waals surface area (Å²) in [5.74, 6) is 0.685. The van der Waals surface area contributed by atoms with Crippen molar-refractivity contribution >= 4 is 35.1 Å². The van der Waals surface area contributed by atoms with Crippen molar-refractivity contribution in [2.45, 2.75) is 19.8 Å². The summed E-state index contributed by atoms with van der Waals surface area (Å²) in [4.78, 5) is 23.3. The van der Waals surface area contributed by atoms with Crippen molar-refractivity contribution in [3.63, 3.8) is 0 Å². The SMILES string of the molecule is COC(=O)CNC(=O)c1cc(Cl)c(Oc2ccc(OC)c(C(C)C)c2)c(Cl)c1. The number of hydrogen-bond acceptors (Lipinski definition) is 5. The Balaban J connectivity index is 2.25. The van der Waals surface area contributed by atoms with Crippen LogP contribution in [0.2, 0.25) is 10.0 Å². The zero-order chi connectivity index (χ0) is 20.8. The normalized spacial score (nSPS) is 10.5. The molecule has 2 rings (SSSR count). The molecule has 0 heterocycles. The average molecular weight is 426 g/mol. The van der Waals surface area contributed by atoms with Crippen LogP contribution in [-0.2, 0) is 9.53 Å². The fourth-order valence-electron chi connectivity index (χ4n) is 2.46. The maximum Gasteiger partial charge on any atom is 0.325 e. The van der Waals surface area contributed by atoms with Gasteiger partial charge in [-0.25, -0.2) is 0 Å². The Morgan fingerprint density at radius 1 is 1.07 bits per heavy atom. The highest BCUT2D eigenvalue weighted by Gasteiger charge is 2.17. The highest BCUT2D eigenvalue weighted by atomic mass is 35.5. The van der Waals surface area contributed by atoms with Gasteiger partial charge in [0.2, 0.25) is 0 Å². The van der Waals surface area contributed by atoms with E-state index in [2.05, 4.69) is 10.1 Å². The monoisotopic (exact) mass is 425 g/mol. The zero-order valence-electron chi connectivity index (χ0n) is 16.0. The molecule has 8 heteroatoms. The molecule has 0 aromatic heterocycles. The molecular formula is C20H21Cl2NO5. The van der Waals surface area contributed by atoms with E-state index in [-0.39, 0.29) is 33.8 Å². The van der Waals surface area contributed by atoms with Gasteiger partial charge in [-0.05, 0) is 36.2 Å². The summed E-state index contributed by atoms with van der Waals surface area (Å²) < 4.78 is 15.7. The molecule has 0 bridgehead atoms. The molecule has 0 saturated carbocycles. The number of benzene rings is 2. The van der Waals surface area contributed by atoms with Gasteiger partial charge in [-0.15, -0.1) is 0 Å². The Morgan fingerprint density at radius 2 is 1.71 bits per heavy atom. The molecule has 0 radical (unpaired) electrons. The minimum absolute atomic E-state index is 0.164. The summed E-state index contributed by atoms with van der Waals surface area (Å²) >= 11 is 12.5. The predicted molar refractivity (Wildman–Crippen MR) is 108 cm³/mol. The Morgan fingerprint density at radius 3 is 2.25 bits per heavy atom. The Bertz CT molecular complexity index is 860. The van der Waals surface area contributed by atoms with Crippen molar-refractivity contribution in [1.82, 2.24) is 5.32 Å². The van der Waals surface area contributed by atoms with E-state index in [0.29, 0.717) is 5.75 Å². The molecular weight excluding hydrogens is 405 g/mol. The zero-order valence-corrected chi connectivity index (χ0v) is 17.5. The lowest BCUT2D eigenvalue weighted by Gasteiger charge is -2.15. The van der Waals surface area contributed by atoms with Crippen LogP contribution in [0.4, 0.5) is 0 Å². The second-order valence-electron chi connectivity index (χ2n) is 6.19. The lowest BCUT2D eigenvalue weighted by atomic mass is 10.0. The van der Waals surface area contributed by atoms with E-state index in [1.54, 1.807) is 19.2 Å². The van der Waals surface area contributed by atoms with Gasteiger partial charge in [0.05, 0.1) is 24.3 Å². The van der Waals surface area contributed by atoms with E-state index in [4.69, 9.17) is 32.7 Å². The lowest BCUT2D eigenvalue weighted by Crippen LogP contribution is -2.30. The third-order valence-electron chi connectivity index (χ3n) is 3.92. The summed E-state index contributed by atoms with van der Waals surface area (Å²) in [5, 5.41) is 2.75. The molecule has 150 valence electrons. The van der Waals surface area contributed by atoms with Crippen LogP contribution in [-0.4, -0.2) is 32.6 Å². The van der Waals surface area contributed by atoms with Gasteiger partial charge in [-0.2, -0.15) is 0 Å². The third kappa shape index (κ3) is 5.30. The number of halogens is 2. The molecule has 0 atom stereocenters. The number of carbonyl (C=O) groups excluding carboxylic acids is 2. The second-order valence-corrected chi connectivity index (χ2v) is 7.00. The largest absolute Gasteiger partial charge is 0.496 e. The number of rotatable bonds is 7. The Hall–Kier alpha value is -2.44. The van der Waals surface area contributed by atoms with Crippen LogP contribution in [0.15, 0.2) is 30.3 Å². The van der Waals surface area contributed by atoms with Gasteiger partial charge < -0.3 is 19.5 Å². The van der Waals surface area contributed by atoms with E-state index in [0.717, 1.165) is 11.3 Å². The highest BCUT2D eigenvalue weighted by molar-refractivity contribution is 6.37. The molecule has 0 fully saturated rings. The van der Waals surface area contributed by atoms with Crippen molar-refractivity contribution in [3.8, 4) is 17.2 Å². The smallest absolute Gasteiger partial charge is 0.325 e. The quantitative estimate of drug-likeness (QED) is 0.643. The molecule has 28 heavy (non-hydrogen) atoms. The fourth-order valence-corrected chi connectivity index (χ4v) is 3.02. The molecule has 2 aromatic rings. The number of carbonyl (C=O) groups is 2. The van der Waals surface area contributed by atoms with Crippen LogP contribution in [0.25, 0.3) is 0 Å². The summed E-state index contributed by atoms with van der Waals surface area (Å²) in [7, 11) is 2.84. The summed E-state index contributed by atoms with van der Waals surface area (Å²) in [6.07, 6.45) is 0. The van der Waals surface area contributed by atoms with Crippen LogP contribution in [0.1, 0.15) is 35.7 Å². The van der Waals surface area contributed by atoms with Crippen LogP contribution in [0, 0.1) is 0 Å². The fraction of sp³-hybridized carbons (Fsp3) is 0.300. The van der Waals surface area contributed by atoms with Crippen molar-refractivity contribution in [3.05, 3.63) is 51.5 Å². The first-order valence-corrected chi connectivity index (χ1v) is 9.22. The van der Waals surface area contributed by atoms with E-state index in [1.807, 2.05) is 19.9 Å². The second kappa shape index (κ2) is 9.66. The van der Waals surface area contributed by atoms with Gasteiger partial charge in [0.15, 0.2) is 5.75 Å². The number of esters is 1. The number of amides is 1. The number of nitrogens with one attached hydrogen (secondary N) is 1. The topological polar surface area (TPSA) is 73.9 Å². The summed E-state index contributed by atoms with van der Waals surface area (Å²) in [5.41, 5.74) is 1.18. The molecule has 1 N–H and O–H groups in total. The molecule has 0 aliphatic heterocycles. The van der Waals surface area contributed by atoms with Crippen LogP contribution < -0.4 is 14.8 Å². The van der Waals surface area contributed by atoms with E-state index in [9.17, 15) is 9.59 Å². The maximum atomic E-state index is 12.1. The Labute approximate surface area is 173 Å². The van der Waals surface area contributed by atoms with Crippen LogP contribution in [0.5, 0.6) is 17.2 Å². The number of hydrogen-bond donors (Lipinski definition) is 1. The summed E-state index contributed by atoms with van der Waals surface area (Å²) in [6, 6.07) is 8.24. The van der Waals surface area contributed by atoms with Gasteiger partial charge in [0.25, 0.3) is 5.91 Å². The standard InChI is InChI=1S/C20H21Cl2NO5/c1-11(2)14-9-13(5-6-17(14)26-3)28-19-15(21)7-12(8-16(19)22)20(25)23-10-18(24)27-4/h5-9,11H,10H2,1-4H3,(H,23,25). The summed E-state index contributed by atoms with van der Waals surface area (Å²) in [6.45, 7) is 3.83. The first-order valence-electron chi connectivity index (χ1n) is 8.46. The molecule has 1 amide bonds. The minimum Gasteiger partial charge on any atom is -0.496 e. The van der Waals surface area contributed by atoms with Gasteiger partial charge >= 0.3 is 5.97 Å². The minimum atomic E-state index is -0.564. The molecule has 0 aliphatic carbocycles. The predicted octanol–water partition coefficient (Wildman–Crippen LogP) is 4.82. The molecule has 2 aromatic carbocycles. The van der Waals surface area contributed by atoms with Crippen molar-refractivity contribution in [2.24, 2.45) is 0 Å². The third-order valence-corrected chi connectivity index (χ3v) is 4.49. The first-order chi connectivity index (χ1) is 13.3. The van der Waals surface area contributed by atoms with Gasteiger partial charge in [-0.1, -0.05) is 37.0 Å². The van der Waals surface area contributed by atoms with Gasteiger partial charge in [0, 0.05) is 11.1 Å². The van der Waals surface area contributed by atoms with E-state index in [1.165, 1.54) is 19.2 Å². The van der Waals surface area contributed by atoms with Gasteiger partial charge in [0.1, 0.15) is 18.0 Å². The van der Waals surface area contributed by atoms with E-state index >= 15 is 0 Å². The number of methoxy groups -OCH3 is 2. The van der Waals surface area contributed by atoms with E-state index < -0.39 is 11.9 Å². The molecule has 6 nitrogen and oxygen atoms in total. The lowest BCUT2D eigenvalue weighted by molar-refractivity contribution is -0.139. The molecule has 0 saturated heterocycles. The maximum absolute atomic E-state index is 12.1. The van der Waals surface area contributed by atoms with Crippen molar-refractivity contribution in [1.29, 1.82) is 0 Å².